The second-order valence-corrected chi connectivity index (χ2v) is 8.31. The van der Waals surface area contributed by atoms with E-state index in [2.05, 4.69) is 36.6 Å². The Hall–Kier alpha value is -0.770. The first-order chi connectivity index (χ1) is 11.7. The molecule has 1 amide bonds. The zero-order valence-electron chi connectivity index (χ0n) is 17.0. The van der Waals surface area contributed by atoms with Crippen molar-refractivity contribution in [2.45, 2.75) is 58.2 Å². The van der Waals surface area contributed by atoms with Crippen LogP contribution >= 0.6 is 24.0 Å². The van der Waals surface area contributed by atoms with Crippen molar-refractivity contribution < 1.29 is 9.53 Å². The van der Waals surface area contributed by atoms with Gasteiger partial charge in [-0.3, -0.25) is 4.99 Å². The minimum atomic E-state index is -0.448. The molecule has 0 aromatic rings. The molecule has 8 heteroatoms. The minimum Gasteiger partial charge on any atom is -0.444 e. The van der Waals surface area contributed by atoms with Crippen LogP contribution < -0.4 is 10.6 Å². The van der Waals surface area contributed by atoms with E-state index in [1.54, 1.807) is 4.90 Å². The third-order valence-corrected chi connectivity index (χ3v) is 4.48. The van der Waals surface area contributed by atoms with Crippen LogP contribution in [0.2, 0.25) is 0 Å². The van der Waals surface area contributed by atoms with Gasteiger partial charge in [0, 0.05) is 25.7 Å². The van der Waals surface area contributed by atoms with Gasteiger partial charge in [0.2, 0.25) is 0 Å². The highest BCUT2D eigenvalue weighted by molar-refractivity contribution is 14.0. The van der Waals surface area contributed by atoms with Gasteiger partial charge in [-0.15, -0.1) is 24.0 Å². The Morgan fingerprint density at radius 2 is 1.92 bits per heavy atom. The van der Waals surface area contributed by atoms with Crippen LogP contribution in [-0.2, 0) is 4.74 Å². The molecular formula is C18H36IN5O2. The normalized spacial score (nSPS) is 19.5. The van der Waals surface area contributed by atoms with E-state index in [0.29, 0.717) is 19.1 Å². The van der Waals surface area contributed by atoms with E-state index in [-0.39, 0.29) is 36.1 Å². The molecule has 1 unspecified atom stereocenters. The van der Waals surface area contributed by atoms with Gasteiger partial charge in [-0.25, -0.2) is 4.79 Å². The van der Waals surface area contributed by atoms with Crippen LogP contribution in [0, 0.1) is 5.92 Å². The molecule has 152 valence electrons. The van der Waals surface area contributed by atoms with Crippen molar-refractivity contribution in [2.24, 2.45) is 10.9 Å². The predicted octanol–water partition coefficient (Wildman–Crippen LogP) is 2.12. The number of aliphatic imine (C=N–C) groups is 1. The first-order valence-electron chi connectivity index (χ1n) is 9.38. The monoisotopic (exact) mass is 481 g/mol. The lowest BCUT2D eigenvalue weighted by atomic mass is 10.1. The molecule has 1 saturated heterocycles. The summed E-state index contributed by atoms with van der Waals surface area (Å²) in [6, 6.07) is 0.735. The molecule has 1 saturated carbocycles. The number of hydrogen-bond acceptors (Lipinski definition) is 4. The lowest BCUT2D eigenvalue weighted by Gasteiger charge is -2.40. The fourth-order valence-electron chi connectivity index (χ4n) is 2.96. The number of halogens is 1. The maximum atomic E-state index is 12.0. The predicted molar refractivity (Wildman–Crippen MR) is 116 cm³/mol. The quantitative estimate of drug-likeness (QED) is 0.346. The molecule has 0 radical (unpaired) electrons. The highest BCUT2D eigenvalue weighted by Crippen LogP contribution is 2.34. The lowest BCUT2D eigenvalue weighted by molar-refractivity contribution is 0.00700. The van der Waals surface area contributed by atoms with Crippen molar-refractivity contribution in [1.82, 2.24) is 20.4 Å². The maximum absolute atomic E-state index is 12.0. The van der Waals surface area contributed by atoms with Crippen LogP contribution in [0.3, 0.4) is 0 Å². The molecule has 2 aliphatic rings. The van der Waals surface area contributed by atoms with E-state index in [1.165, 1.54) is 12.8 Å². The standard InChI is InChI=1S/C18H35N5O2.HI/c1-7-19-16(20-10-15(22(5)6)13-8-9-13)21-14-11-23(12-14)17(24)25-18(2,3)4;/h13-15H,7-12H2,1-6H3,(H2,19,20,21);1H. The summed E-state index contributed by atoms with van der Waals surface area (Å²) in [6.07, 6.45) is 2.39. The van der Waals surface area contributed by atoms with Gasteiger partial charge in [-0.2, -0.15) is 0 Å². The molecule has 2 N–H and O–H groups in total. The number of carbonyl (C=O) groups excluding carboxylic acids is 1. The second-order valence-electron chi connectivity index (χ2n) is 8.31. The zero-order valence-corrected chi connectivity index (χ0v) is 19.4. The lowest BCUT2D eigenvalue weighted by Crippen LogP contribution is -2.63. The Morgan fingerprint density at radius 1 is 1.31 bits per heavy atom. The van der Waals surface area contributed by atoms with Gasteiger partial charge in [-0.1, -0.05) is 0 Å². The third-order valence-electron chi connectivity index (χ3n) is 4.48. The summed E-state index contributed by atoms with van der Waals surface area (Å²) >= 11 is 0. The zero-order chi connectivity index (χ0) is 18.6. The molecule has 0 aromatic heterocycles. The van der Waals surface area contributed by atoms with E-state index in [9.17, 15) is 4.79 Å². The molecule has 1 heterocycles. The SMILES string of the molecule is CCNC(=NCC(C1CC1)N(C)C)NC1CN(C(=O)OC(C)(C)C)C1.I. The molecule has 1 aliphatic carbocycles. The number of guanidine groups is 1. The molecule has 1 aliphatic heterocycles. The van der Waals surface area contributed by atoms with Crippen LogP contribution in [0.5, 0.6) is 0 Å². The summed E-state index contributed by atoms with van der Waals surface area (Å²) in [5.41, 5.74) is -0.448. The van der Waals surface area contributed by atoms with Crippen molar-refractivity contribution in [3.8, 4) is 0 Å². The maximum Gasteiger partial charge on any atom is 0.410 e. The van der Waals surface area contributed by atoms with E-state index < -0.39 is 5.60 Å². The average Bonchev–Trinajstić information content (AvgIpc) is 3.24. The number of nitrogens with zero attached hydrogens (tertiary/aromatic N) is 3. The van der Waals surface area contributed by atoms with Crippen LogP contribution in [0.15, 0.2) is 4.99 Å². The Labute approximate surface area is 175 Å². The largest absolute Gasteiger partial charge is 0.444 e. The number of likely N-dealkylation sites (tertiary alicyclic amines) is 1. The third kappa shape index (κ3) is 7.46. The topological polar surface area (TPSA) is 69.2 Å². The Morgan fingerprint density at radius 3 is 2.38 bits per heavy atom. The van der Waals surface area contributed by atoms with Crippen LogP contribution in [-0.4, -0.2) is 79.8 Å². The van der Waals surface area contributed by atoms with E-state index >= 15 is 0 Å². The molecule has 0 bridgehead atoms. The summed E-state index contributed by atoms with van der Waals surface area (Å²) in [4.78, 5) is 20.8. The Bertz CT molecular complexity index is 480. The average molecular weight is 481 g/mol. The summed E-state index contributed by atoms with van der Waals surface area (Å²) in [5.74, 6) is 1.62. The molecule has 2 rings (SSSR count). The number of amides is 1. The van der Waals surface area contributed by atoms with Crippen molar-refractivity contribution in [3.05, 3.63) is 0 Å². The second kappa shape index (κ2) is 9.96. The Kier molecular flexibility index (Phi) is 8.92. The summed E-state index contributed by atoms with van der Waals surface area (Å²) < 4.78 is 5.39. The summed E-state index contributed by atoms with van der Waals surface area (Å²) in [7, 11) is 4.26. The summed E-state index contributed by atoms with van der Waals surface area (Å²) in [5, 5.41) is 6.73. The van der Waals surface area contributed by atoms with Gasteiger partial charge in [0.15, 0.2) is 5.96 Å². The first-order valence-corrected chi connectivity index (χ1v) is 9.38. The molecule has 26 heavy (non-hydrogen) atoms. The van der Waals surface area contributed by atoms with Crippen LogP contribution in [0.1, 0.15) is 40.5 Å². The molecule has 2 fully saturated rings. The number of nitrogens with one attached hydrogen (secondary N) is 2. The first kappa shape index (κ1) is 23.3. The fourth-order valence-corrected chi connectivity index (χ4v) is 2.96. The van der Waals surface area contributed by atoms with Gasteiger partial charge < -0.3 is 25.2 Å². The van der Waals surface area contributed by atoms with E-state index in [0.717, 1.165) is 25.0 Å². The number of rotatable bonds is 6. The molecule has 0 aromatic carbocycles. The number of likely N-dealkylation sites (N-methyl/N-ethyl adjacent to an activating group) is 1. The van der Waals surface area contributed by atoms with Crippen molar-refractivity contribution in [2.75, 3.05) is 40.3 Å². The van der Waals surface area contributed by atoms with Gasteiger partial charge >= 0.3 is 6.09 Å². The molecule has 0 spiro atoms. The molecule has 1 atom stereocenters. The molecular weight excluding hydrogens is 445 g/mol. The van der Waals surface area contributed by atoms with Gasteiger partial charge in [0.1, 0.15) is 5.60 Å². The fraction of sp³-hybridized carbons (Fsp3) is 0.889. The van der Waals surface area contributed by atoms with Gasteiger partial charge in [0.25, 0.3) is 0 Å². The highest BCUT2D eigenvalue weighted by Gasteiger charge is 2.35. The van der Waals surface area contributed by atoms with Crippen LogP contribution in [0.4, 0.5) is 4.79 Å². The van der Waals surface area contributed by atoms with Gasteiger partial charge in [-0.05, 0) is 60.5 Å². The Balaban J connectivity index is 0.00000338. The summed E-state index contributed by atoms with van der Waals surface area (Å²) in [6.45, 7) is 10.7. The highest BCUT2D eigenvalue weighted by atomic mass is 127. The van der Waals surface area contributed by atoms with E-state index in [1.807, 2.05) is 20.8 Å². The smallest absolute Gasteiger partial charge is 0.410 e. The minimum absolute atomic E-state index is 0. The number of carbonyl (C=O) groups is 1. The van der Waals surface area contributed by atoms with Crippen molar-refractivity contribution >= 4 is 36.0 Å². The van der Waals surface area contributed by atoms with Crippen LogP contribution in [0.25, 0.3) is 0 Å². The van der Waals surface area contributed by atoms with Crippen molar-refractivity contribution in [3.63, 3.8) is 0 Å². The number of hydrogen-bond donors (Lipinski definition) is 2. The number of ether oxygens (including phenoxy) is 1. The van der Waals surface area contributed by atoms with Crippen molar-refractivity contribution in [1.29, 1.82) is 0 Å². The van der Waals surface area contributed by atoms with Gasteiger partial charge in [0.05, 0.1) is 12.6 Å². The molecule has 7 nitrogen and oxygen atoms in total. The van der Waals surface area contributed by atoms with E-state index in [4.69, 9.17) is 9.73 Å².